The highest BCUT2D eigenvalue weighted by molar-refractivity contribution is 7.88. The Morgan fingerprint density at radius 2 is 2.05 bits per heavy atom. The fourth-order valence-electron chi connectivity index (χ4n) is 2.44. The third kappa shape index (κ3) is 3.88. The highest BCUT2D eigenvalue weighted by atomic mass is 35.5. The van der Waals surface area contributed by atoms with Crippen molar-refractivity contribution >= 4 is 32.4 Å². The molecule has 1 aromatic heterocycles. The normalized spacial score (nSPS) is 12.0. The van der Waals surface area contributed by atoms with E-state index >= 15 is 0 Å². The largest absolute Gasteiger partial charge is 0.312 e. The van der Waals surface area contributed by atoms with Crippen LogP contribution >= 0.6 is 11.6 Å². The molecular weight excluding hydrogens is 324 g/mol. The number of pyridine rings is 1. The van der Waals surface area contributed by atoms with E-state index in [4.69, 9.17) is 11.6 Å². The van der Waals surface area contributed by atoms with Crippen LogP contribution in [0.5, 0.6) is 0 Å². The van der Waals surface area contributed by atoms with Crippen molar-refractivity contribution in [2.45, 2.75) is 26.3 Å². The quantitative estimate of drug-likeness (QED) is 0.818. The zero-order chi connectivity index (χ0) is 16.3. The summed E-state index contributed by atoms with van der Waals surface area (Å²) in [7, 11) is -3.20. The first-order chi connectivity index (χ1) is 10.3. The third-order valence-corrected chi connectivity index (χ3v) is 4.50. The average Bonchev–Trinajstić information content (AvgIpc) is 2.43. The number of sulfonamides is 1. The van der Waals surface area contributed by atoms with Gasteiger partial charge >= 0.3 is 0 Å². The van der Waals surface area contributed by atoms with Crippen LogP contribution in [0.15, 0.2) is 29.1 Å². The molecule has 0 fully saturated rings. The zero-order valence-electron chi connectivity index (χ0n) is 12.6. The topological polar surface area (TPSA) is 68.2 Å². The van der Waals surface area contributed by atoms with Crippen LogP contribution in [0.25, 0.3) is 10.8 Å². The number of aromatic nitrogens is 1. The molecule has 0 radical (unpaired) electrons. The van der Waals surface area contributed by atoms with Gasteiger partial charge in [-0.15, -0.1) is 0 Å². The Kier molecular flexibility index (Phi) is 5.26. The molecule has 7 heteroatoms. The number of hydrogen-bond donors (Lipinski definition) is 1. The van der Waals surface area contributed by atoms with Gasteiger partial charge < -0.3 is 4.57 Å². The van der Waals surface area contributed by atoms with Gasteiger partial charge in [-0.1, -0.05) is 30.7 Å². The van der Waals surface area contributed by atoms with Gasteiger partial charge in [0.25, 0.3) is 5.56 Å². The van der Waals surface area contributed by atoms with Gasteiger partial charge in [0, 0.05) is 18.8 Å². The van der Waals surface area contributed by atoms with Gasteiger partial charge in [0.15, 0.2) is 0 Å². The van der Waals surface area contributed by atoms with Crippen molar-refractivity contribution < 1.29 is 8.42 Å². The van der Waals surface area contributed by atoms with Crippen molar-refractivity contribution in [3.63, 3.8) is 0 Å². The number of fused-ring (bicyclic) bond motifs is 1. The predicted molar refractivity (Wildman–Crippen MR) is 90.1 cm³/mol. The number of aryl methyl sites for hydroxylation is 1. The van der Waals surface area contributed by atoms with E-state index in [1.807, 2.05) is 25.1 Å². The van der Waals surface area contributed by atoms with E-state index in [0.29, 0.717) is 29.9 Å². The molecule has 0 saturated carbocycles. The molecule has 1 heterocycles. The lowest BCUT2D eigenvalue weighted by atomic mass is 10.1. The van der Waals surface area contributed by atoms with Crippen molar-refractivity contribution in [3.05, 3.63) is 45.3 Å². The Hall–Kier alpha value is -1.37. The number of halogens is 1. The first-order valence-electron chi connectivity index (χ1n) is 7.09. The Labute approximate surface area is 135 Å². The minimum absolute atomic E-state index is 0.126. The molecular formula is C15H19ClN2O3S. The number of nitrogens with zero attached hydrogens (tertiary/aromatic N) is 1. The van der Waals surface area contributed by atoms with Gasteiger partial charge in [0.05, 0.1) is 16.7 Å². The van der Waals surface area contributed by atoms with Gasteiger partial charge in [0.1, 0.15) is 0 Å². The summed E-state index contributed by atoms with van der Waals surface area (Å²) in [4.78, 5) is 12.7. The third-order valence-electron chi connectivity index (χ3n) is 3.46. The molecule has 120 valence electrons. The van der Waals surface area contributed by atoms with E-state index in [-0.39, 0.29) is 5.56 Å². The molecule has 0 aliphatic heterocycles. The van der Waals surface area contributed by atoms with E-state index in [0.717, 1.165) is 23.8 Å². The zero-order valence-corrected chi connectivity index (χ0v) is 14.2. The van der Waals surface area contributed by atoms with Crippen LogP contribution in [0.1, 0.15) is 19.0 Å². The summed E-state index contributed by atoms with van der Waals surface area (Å²) in [5.74, 6) is 0. The number of hydrogen-bond acceptors (Lipinski definition) is 3. The lowest BCUT2D eigenvalue weighted by Gasteiger charge is -2.14. The predicted octanol–water partition coefficient (Wildman–Crippen LogP) is 2.16. The summed E-state index contributed by atoms with van der Waals surface area (Å²) >= 11 is 6.15. The lowest BCUT2D eigenvalue weighted by molar-refractivity contribution is 0.566. The molecule has 0 amide bonds. The molecule has 0 saturated heterocycles. The standard InChI is InChI=1S/C15H19ClN2O3S/c1-3-12-10-11-6-4-7-13(16)14(11)15(19)18(12)9-5-8-17-22(2,20)21/h4,6-7,10,17H,3,5,8-9H2,1-2H3. The smallest absolute Gasteiger partial charge is 0.260 e. The molecule has 22 heavy (non-hydrogen) atoms. The Morgan fingerprint density at radius 1 is 1.32 bits per heavy atom. The summed E-state index contributed by atoms with van der Waals surface area (Å²) in [6.45, 7) is 2.73. The van der Waals surface area contributed by atoms with Crippen molar-refractivity contribution in [3.8, 4) is 0 Å². The fraction of sp³-hybridized carbons (Fsp3) is 0.400. The molecule has 1 N–H and O–H groups in total. The maximum Gasteiger partial charge on any atom is 0.260 e. The minimum atomic E-state index is -3.20. The summed E-state index contributed by atoms with van der Waals surface area (Å²) in [5.41, 5.74) is 0.790. The van der Waals surface area contributed by atoms with Crippen molar-refractivity contribution in [2.24, 2.45) is 0 Å². The Bertz CT molecular complexity index is 844. The van der Waals surface area contributed by atoms with Crippen LogP contribution in [0.3, 0.4) is 0 Å². The van der Waals surface area contributed by atoms with Crippen LogP contribution < -0.4 is 10.3 Å². The summed E-state index contributed by atoms with van der Waals surface area (Å²) in [5, 5.41) is 1.78. The molecule has 5 nitrogen and oxygen atoms in total. The van der Waals surface area contributed by atoms with Crippen molar-refractivity contribution in [1.82, 2.24) is 9.29 Å². The van der Waals surface area contributed by atoms with Gasteiger partial charge in [-0.25, -0.2) is 13.1 Å². The van der Waals surface area contributed by atoms with Crippen LogP contribution in [0.4, 0.5) is 0 Å². The van der Waals surface area contributed by atoms with Gasteiger partial charge in [-0.2, -0.15) is 0 Å². The Balaban J connectivity index is 2.34. The molecule has 0 atom stereocenters. The number of benzene rings is 1. The summed E-state index contributed by atoms with van der Waals surface area (Å²) < 4.78 is 26.2. The molecule has 1 aromatic carbocycles. The number of rotatable bonds is 6. The number of nitrogens with one attached hydrogen (secondary N) is 1. The molecule has 2 rings (SSSR count). The van der Waals surface area contributed by atoms with E-state index in [2.05, 4.69) is 4.72 Å². The average molecular weight is 343 g/mol. The highest BCUT2D eigenvalue weighted by Gasteiger charge is 2.11. The van der Waals surface area contributed by atoms with Crippen molar-refractivity contribution in [1.29, 1.82) is 0 Å². The van der Waals surface area contributed by atoms with Crippen LogP contribution in [-0.4, -0.2) is 25.8 Å². The van der Waals surface area contributed by atoms with Crippen LogP contribution in [-0.2, 0) is 23.0 Å². The fourth-order valence-corrected chi connectivity index (χ4v) is 3.22. The van der Waals surface area contributed by atoms with E-state index in [9.17, 15) is 13.2 Å². The van der Waals surface area contributed by atoms with E-state index in [1.54, 1.807) is 10.6 Å². The molecule has 0 spiro atoms. The maximum absolute atomic E-state index is 12.7. The monoisotopic (exact) mass is 342 g/mol. The highest BCUT2D eigenvalue weighted by Crippen LogP contribution is 2.21. The van der Waals surface area contributed by atoms with Crippen molar-refractivity contribution in [2.75, 3.05) is 12.8 Å². The first kappa shape index (κ1) is 17.0. The lowest BCUT2D eigenvalue weighted by Crippen LogP contribution is -2.28. The molecule has 0 bridgehead atoms. The second-order valence-corrected chi connectivity index (χ2v) is 7.41. The molecule has 2 aromatic rings. The van der Waals surface area contributed by atoms with Crippen LogP contribution in [0.2, 0.25) is 5.02 Å². The molecule has 0 aliphatic rings. The Morgan fingerprint density at radius 3 is 2.68 bits per heavy atom. The molecule has 0 unspecified atom stereocenters. The first-order valence-corrected chi connectivity index (χ1v) is 9.36. The minimum Gasteiger partial charge on any atom is -0.312 e. The van der Waals surface area contributed by atoms with Gasteiger partial charge in [-0.05, 0) is 30.4 Å². The SMILES string of the molecule is CCc1cc2cccc(Cl)c2c(=O)n1CCCNS(C)(=O)=O. The van der Waals surface area contributed by atoms with Crippen LogP contribution in [0, 0.1) is 0 Å². The summed E-state index contributed by atoms with van der Waals surface area (Å²) in [6, 6.07) is 7.36. The van der Waals surface area contributed by atoms with Gasteiger partial charge in [-0.3, -0.25) is 4.79 Å². The van der Waals surface area contributed by atoms with E-state index < -0.39 is 10.0 Å². The molecule has 0 aliphatic carbocycles. The summed E-state index contributed by atoms with van der Waals surface area (Å²) in [6.07, 6.45) is 2.37. The van der Waals surface area contributed by atoms with Gasteiger partial charge in [0.2, 0.25) is 10.0 Å². The van der Waals surface area contributed by atoms with E-state index in [1.165, 1.54) is 0 Å². The maximum atomic E-state index is 12.7. The second kappa shape index (κ2) is 6.81. The second-order valence-electron chi connectivity index (χ2n) is 5.17.